The highest BCUT2D eigenvalue weighted by molar-refractivity contribution is 5.65. The molecule has 1 aromatic heterocycles. The Kier molecular flexibility index (Phi) is 2.33. The van der Waals surface area contributed by atoms with Crippen LogP contribution in [0.15, 0.2) is 30.3 Å². The van der Waals surface area contributed by atoms with Gasteiger partial charge in [0.05, 0.1) is 17.1 Å². The van der Waals surface area contributed by atoms with Crippen LogP contribution in [-0.2, 0) is 0 Å². The molecule has 0 atom stereocenters. The van der Waals surface area contributed by atoms with Gasteiger partial charge in [-0.1, -0.05) is 18.2 Å². The van der Waals surface area contributed by atoms with Crippen molar-refractivity contribution in [1.29, 1.82) is 0 Å². The lowest BCUT2D eigenvalue weighted by atomic mass is 10.3. The van der Waals surface area contributed by atoms with Crippen LogP contribution in [0.5, 0.6) is 0 Å². The second kappa shape index (κ2) is 3.65. The van der Waals surface area contributed by atoms with Crippen LogP contribution in [0.4, 0.5) is 11.5 Å². The van der Waals surface area contributed by atoms with Crippen molar-refractivity contribution < 1.29 is 0 Å². The van der Waals surface area contributed by atoms with Crippen LogP contribution in [0.3, 0.4) is 0 Å². The van der Waals surface area contributed by atoms with Crippen LogP contribution in [0, 0.1) is 6.92 Å². The number of rotatable bonds is 2. The zero-order chi connectivity index (χ0) is 10.8. The summed E-state index contributed by atoms with van der Waals surface area (Å²) in [6, 6.07) is 9.93. The molecule has 0 radical (unpaired) electrons. The molecule has 0 saturated heterocycles. The molecule has 78 valence electrons. The van der Waals surface area contributed by atoms with Gasteiger partial charge in [-0.05, 0) is 19.1 Å². The third-order valence-electron chi connectivity index (χ3n) is 2.40. The van der Waals surface area contributed by atoms with E-state index in [1.165, 1.54) is 0 Å². The zero-order valence-electron chi connectivity index (χ0n) is 8.86. The molecule has 0 fully saturated rings. The van der Waals surface area contributed by atoms with E-state index in [9.17, 15) is 0 Å². The Morgan fingerprint density at radius 2 is 1.93 bits per heavy atom. The normalized spacial score (nSPS) is 10.3. The molecule has 0 aliphatic heterocycles. The molecule has 1 aromatic carbocycles. The molecule has 0 unspecified atom stereocenters. The molecule has 2 rings (SSSR count). The van der Waals surface area contributed by atoms with Crippen molar-refractivity contribution in [1.82, 2.24) is 9.78 Å². The van der Waals surface area contributed by atoms with Gasteiger partial charge in [-0.15, -0.1) is 5.10 Å². The number of para-hydroxylation sites is 1. The van der Waals surface area contributed by atoms with Crippen molar-refractivity contribution >= 4 is 11.5 Å². The van der Waals surface area contributed by atoms with Crippen LogP contribution in [0.25, 0.3) is 5.69 Å². The van der Waals surface area contributed by atoms with E-state index in [1.807, 2.05) is 49.0 Å². The van der Waals surface area contributed by atoms with Gasteiger partial charge in [-0.25, -0.2) is 4.68 Å². The van der Waals surface area contributed by atoms with Gasteiger partial charge < -0.3 is 11.1 Å². The Hall–Kier alpha value is -1.97. The van der Waals surface area contributed by atoms with Crippen LogP contribution in [0.2, 0.25) is 0 Å². The van der Waals surface area contributed by atoms with Gasteiger partial charge in [0.1, 0.15) is 0 Å². The Morgan fingerprint density at radius 1 is 1.27 bits per heavy atom. The summed E-state index contributed by atoms with van der Waals surface area (Å²) in [6.07, 6.45) is 0. The molecule has 1 heterocycles. The van der Waals surface area contributed by atoms with E-state index in [2.05, 4.69) is 10.4 Å². The molecule has 4 nitrogen and oxygen atoms in total. The van der Waals surface area contributed by atoms with Gasteiger partial charge in [0.25, 0.3) is 0 Å². The van der Waals surface area contributed by atoms with Crippen molar-refractivity contribution in [3.05, 3.63) is 36.0 Å². The first-order chi connectivity index (χ1) is 7.24. The molecule has 0 aliphatic rings. The topological polar surface area (TPSA) is 55.9 Å². The minimum atomic E-state index is 0.696. The molecule has 0 bridgehead atoms. The highest BCUT2D eigenvalue weighted by Gasteiger charge is 2.10. The van der Waals surface area contributed by atoms with Crippen molar-refractivity contribution in [3.8, 4) is 5.69 Å². The number of hydrogen-bond donors (Lipinski definition) is 2. The summed E-state index contributed by atoms with van der Waals surface area (Å²) in [6.45, 7) is 1.95. The van der Waals surface area contributed by atoms with Gasteiger partial charge >= 0.3 is 0 Å². The number of benzene rings is 1. The summed E-state index contributed by atoms with van der Waals surface area (Å²) in [5.41, 5.74) is 8.57. The SMILES string of the molecule is CNc1nn(-c2ccccc2)c(C)c1N. The predicted molar refractivity (Wildman–Crippen MR) is 62.3 cm³/mol. The number of nitrogens with one attached hydrogen (secondary N) is 1. The molecular formula is C11H14N4. The van der Waals surface area contributed by atoms with E-state index in [0.717, 1.165) is 17.2 Å². The van der Waals surface area contributed by atoms with E-state index in [1.54, 1.807) is 0 Å². The minimum absolute atomic E-state index is 0.696. The van der Waals surface area contributed by atoms with Crippen LogP contribution < -0.4 is 11.1 Å². The second-order valence-corrected chi connectivity index (χ2v) is 3.35. The summed E-state index contributed by atoms with van der Waals surface area (Å²) < 4.78 is 1.83. The lowest BCUT2D eigenvalue weighted by Crippen LogP contribution is -1.99. The number of aromatic nitrogens is 2. The lowest BCUT2D eigenvalue weighted by Gasteiger charge is -2.02. The number of nitrogen functional groups attached to an aromatic ring is 1. The maximum Gasteiger partial charge on any atom is 0.171 e. The summed E-state index contributed by atoms with van der Waals surface area (Å²) in [5, 5.41) is 7.35. The van der Waals surface area contributed by atoms with Gasteiger partial charge in [-0.3, -0.25) is 0 Å². The molecule has 3 N–H and O–H groups in total. The van der Waals surface area contributed by atoms with Gasteiger partial charge in [0.15, 0.2) is 5.82 Å². The molecule has 0 saturated carbocycles. The van der Waals surface area contributed by atoms with Crippen molar-refractivity contribution in [2.45, 2.75) is 6.92 Å². The van der Waals surface area contributed by atoms with Gasteiger partial charge in [-0.2, -0.15) is 0 Å². The van der Waals surface area contributed by atoms with Gasteiger partial charge in [0.2, 0.25) is 0 Å². The molecule has 15 heavy (non-hydrogen) atoms. The highest BCUT2D eigenvalue weighted by atomic mass is 15.3. The Balaban J connectivity index is 2.55. The van der Waals surface area contributed by atoms with Crippen LogP contribution in [0.1, 0.15) is 5.69 Å². The maximum atomic E-state index is 5.91. The van der Waals surface area contributed by atoms with E-state index in [-0.39, 0.29) is 0 Å². The third kappa shape index (κ3) is 1.54. The first-order valence-electron chi connectivity index (χ1n) is 4.82. The molecule has 0 spiro atoms. The van der Waals surface area contributed by atoms with E-state index in [4.69, 9.17) is 5.73 Å². The Bertz CT molecular complexity index is 459. The fraction of sp³-hybridized carbons (Fsp3) is 0.182. The van der Waals surface area contributed by atoms with Gasteiger partial charge in [0, 0.05) is 7.05 Å². The molecular weight excluding hydrogens is 188 g/mol. The van der Waals surface area contributed by atoms with Crippen LogP contribution >= 0.6 is 0 Å². The number of anilines is 2. The standard InChI is InChI=1S/C11H14N4/c1-8-10(12)11(13-2)14-15(8)9-6-4-3-5-7-9/h3-7H,12H2,1-2H3,(H,13,14). The van der Waals surface area contributed by atoms with Crippen molar-refractivity contribution in [2.24, 2.45) is 0 Å². The van der Waals surface area contributed by atoms with E-state index >= 15 is 0 Å². The zero-order valence-corrected chi connectivity index (χ0v) is 8.86. The molecule has 0 aliphatic carbocycles. The minimum Gasteiger partial charge on any atom is -0.394 e. The number of hydrogen-bond acceptors (Lipinski definition) is 3. The first kappa shape index (κ1) is 9.58. The average Bonchev–Trinajstić information content (AvgIpc) is 2.57. The average molecular weight is 202 g/mol. The molecule has 0 amide bonds. The van der Waals surface area contributed by atoms with Crippen molar-refractivity contribution in [3.63, 3.8) is 0 Å². The maximum absolute atomic E-state index is 5.91. The van der Waals surface area contributed by atoms with E-state index in [0.29, 0.717) is 5.69 Å². The van der Waals surface area contributed by atoms with Crippen molar-refractivity contribution in [2.75, 3.05) is 18.1 Å². The monoisotopic (exact) mass is 202 g/mol. The summed E-state index contributed by atoms with van der Waals surface area (Å²) in [7, 11) is 1.81. The Labute approximate surface area is 88.7 Å². The summed E-state index contributed by atoms with van der Waals surface area (Å²) >= 11 is 0. The highest BCUT2D eigenvalue weighted by Crippen LogP contribution is 2.23. The second-order valence-electron chi connectivity index (χ2n) is 3.35. The summed E-state index contributed by atoms with van der Waals surface area (Å²) in [4.78, 5) is 0. The quantitative estimate of drug-likeness (QED) is 0.780. The number of nitrogens with two attached hydrogens (primary N) is 1. The molecule has 2 aromatic rings. The fourth-order valence-electron chi connectivity index (χ4n) is 1.52. The van der Waals surface area contributed by atoms with E-state index < -0.39 is 0 Å². The van der Waals surface area contributed by atoms with Crippen LogP contribution in [-0.4, -0.2) is 16.8 Å². The predicted octanol–water partition coefficient (Wildman–Crippen LogP) is 1.80. The molecule has 4 heteroatoms. The first-order valence-corrected chi connectivity index (χ1v) is 4.82. The summed E-state index contributed by atoms with van der Waals surface area (Å²) in [5.74, 6) is 0.719. The smallest absolute Gasteiger partial charge is 0.171 e. The fourth-order valence-corrected chi connectivity index (χ4v) is 1.52. The largest absolute Gasteiger partial charge is 0.394 e. The third-order valence-corrected chi connectivity index (χ3v) is 2.40. The lowest BCUT2D eigenvalue weighted by molar-refractivity contribution is 0.850. The number of nitrogens with zero attached hydrogens (tertiary/aromatic N) is 2. The Morgan fingerprint density at radius 3 is 2.47 bits per heavy atom.